The molecule has 0 saturated carbocycles. The fourth-order valence-corrected chi connectivity index (χ4v) is 2.43. The summed E-state index contributed by atoms with van der Waals surface area (Å²) >= 11 is 0. The molecule has 0 aromatic heterocycles. The van der Waals surface area contributed by atoms with E-state index in [9.17, 15) is 9.59 Å². The molecule has 0 aliphatic rings. The molecular formula is C23H28N2O4. The highest BCUT2D eigenvalue weighted by Crippen LogP contribution is 2.28. The molecule has 0 saturated heterocycles. The van der Waals surface area contributed by atoms with Crippen LogP contribution in [0.4, 0.5) is 11.4 Å². The van der Waals surface area contributed by atoms with Crippen LogP contribution in [0.1, 0.15) is 33.3 Å². The van der Waals surface area contributed by atoms with Gasteiger partial charge in [-0.3, -0.25) is 9.59 Å². The molecule has 6 heteroatoms. The first-order valence-electron chi connectivity index (χ1n) is 9.38. The highest BCUT2D eigenvalue weighted by atomic mass is 16.5. The summed E-state index contributed by atoms with van der Waals surface area (Å²) in [5, 5.41) is 5.61. The summed E-state index contributed by atoms with van der Waals surface area (Å²) in [6.07, 6.45) is 3.88. The van der Waals surface area contributed by atoms with Gasteiger partial charge in [-0.25, -0.2) is 0 Å². The number of hydrogen-bond acceptors (Lipinski definition) is 4. The molecule has 0 radical (unpaired) electrons. The number of anilines is 2. The van der Waals surface area contributed by atoms with E-state index >= 15 is 0 Å². The van der Waals surface area contributed by atoms with Crippen LogP contribution in [0.2, 0.25) is 0 Å². The van der Waals surface area contributed by atoms with Crippen LogP contribution in [0.3, 0.4) is 0 Å². The minimum atomic E-state index is -0.505. The first-order chi connectivity index (χ1) is 13.7. The van der Waals surface area contributed by atoms with Crippen LogP contribution in [0, 0.1) is 5.41 Å². The van der Waals surface area contributed by atoms with E-state index in [1.807, 2.05) is 52.0 Å². The third-order valence-electron chi connectivity index (χ3n) is 3.99. The Morgan fingerprint density at radius 2 is 1.69 bits per heavy atom. The fourth-order valence-electron chi connectivity index (χ4n) is 2.43. The number of carbonyl (C=O) groups is 2. The molecule has 0 unspecified atom stereocenters. The maximum Gasteiger partial charge on any atom is 0.262 e. The van der Waals surface area contributed by atoms with Gasteiger partial charge in [-0.1, -0.05) is 45.1 Å². The Hall–Kier alpha value is -3.28. The average molecular weight is 396 g/mol. The summed E-state index contributed by atoms with van der Waals surface area (Å²) in [4.78, 5) is 24.4. The Labute approximate surface area is 171 Å². The van der Waals surface area contributed by atoms with Crippen molar-refractivity contribution < 1.29 is 19.1 Å². The molecule has 0 atom stereocenters. The molecule has 0 heterocycles. The number of allylic oxidation sites excluding steroid dienone is 1. The molecule has 2 aromatic carbocycles. The van der Waals surface area contributed by atoms with Crippen LogP contribution in [0.5, 0.6) is 11.5 Å². The SMILES string of the molecule is C/C=C/c1ccc(OCC(=O)Nc2cccc(NC(=O)C(C)(C)C)c2)c(OC)c1. The lowest BCUT2D eigenvalue weighted by atomic mass is 9.95. The van der Waals surface area contributed by atoms with Crippen molar-refractivity contribution in [2.45, 2.75) is 27.7 Å². The van der Waals surface area contributed by atoms with E-state index in [0.29, 0.717) is 22.9 Å². The van der Waals surface area contributed by atoms with Crippen molar-refractivity contribution in [2.24, 2.45) is 5.41 Å². The Morgan fingerprint density at radius 3 is 2.31 bits per heavy atom. The van der Waals surface area contributed by atoms with Crippen molar-refractivity contribution in [1.29, 1.82) is 0 Å². The van der Waals surface area contributed by atoms with Crippen molar-refractivity contribution in [3.05, 3.63) is 54.1 Å². The van der Waals surface area contributed by atoms with E-state index in [-0.39, 0.29) is 18.4 Å². The standard InChI is InChI=1S/C23H28N2O4/c1-6-8-16-11-12-19(20(13-16)28-5)29-15-21(26)24-17-9-7-10-18(14-17)25-22(27)23(2,3)4/h6-14H,15H2,1-5H3,(H,24,26)(H,25,27)/b8-6+. The predicted molar refractivity (Wildman–Crippen MR) is 116 cm³/mol. The molecule has 0 bridgehead atoms. The monoisotopic (exact) mass is 396 g/mol. The van der Waals surface area contributed by atoms with Crippen LogP contribution in [0.15, 0.2) is 48.5 Å². The van der Waals surface area contributed by atoms with Crippen molar-refractivity contribution in [2.75, 3.05) is 24.4 Å². The zero-order valence-electron chi connectivity index (χ0n) is 17.5. The topological polar surface area (TPSA) is 76.7 Å². The summed E-state index contributed by atoms with van der Waals surface area (Å²) in [6.45, 7) is 7.28. The molecule has 29 heavy (non-hydrogen) atoms. The van der Waals surface area contributed by atoms with Gasteiger partial charge in [0.15, 0.2) is 18.1 Å². The van der Waals surface area contributed by atoms with Crippen molar-refractivity contribution >= 4 is 29.3 Å². The summed E-state index contributed by atoms with van der Waals surface area (Å²) in [5.74, 6) is 0.629. The van der Waals surface area contributed by atoms with Crippen molar-refractivity contribution in [3.63, 3.8) is 0 Å². The summed E-state index contributed by atoms with van der Waals surface area (Å²) in [5.41, 5.74) is 1.66. The number of amides is 2. The smallest absolute Gasteiger partial charge is 0.262 e. The zero-order valence-corrected chi connectivity index (χ0v) is 17.5. The molecule has 2 aromatic rings. The second-order valence-electron chi connectivity index (χ2n) is 7.53. The van der Waals surface area contributed by atoms with Crippen LogP contribution in [-0.4, -0.2) is 25.5 Å². The van der Waals surface area contributed by atoms with Gasteiger partial charge < -0.3 is 20.1 Å². The van der Waals surface area contributed by atoms with Crippen molar-refractivity contribution in [3.8, 4) is 11.5 Å². The third-order valence-corrected chi connectivity index (χ3v) is 3.99. The van der Waals surface area contributed by atoms with E-state index in [0.717, 1.165) is 5.56 Å². The number of rotatable bonds is 7. The van der Waals surface area contributed by atoms with Gasteiger partial charge in [0, 0.05) is 16.8 Å². The summed E-state index contributed by atoms with van der Waals surface area (Å²) in [7, 11) is 1.55. The second-order valence-corrected chi connectivity index (χ2v) is 7.53. The second kappa shape index (κ2) is 9.78. The highest BCUT2D eigenvalue weighted by molar-refractivity contribution is 5.96. The van der Waals surface area contributed by atoms with Gasteiger partial charge in [0.2, 0.25) is 5.91 Å². The molecule has 0 fully saturated rings. The number of ether oxygens (including phenoxy) is 2. The van der Waals surface area contributed by atoms with Gasteiger partial charge in [0.25, 0.3) is 5.91 Å². The zero-order chi connectivity index (χ0) is 21.4. The van der Waals surface area contributed by atoms with Crippen LogP contribution >= 0.6 is 0 Å². The van der Waals surface area contributed by atoms with Gasteiger partial charge >= 0.3 is 0 Å². The lowest BCUT2D eigenvalue weighted by Crippen LogP contribution is -2.27. The molecule has 2 rings (SSSR count). The third kappa shape index (κ3) is 6.68. The summed E-state index contributed by atoms with van der Waals surface area (Å²) in [6, 6.07) is 12.5. The number of hydrogen-bond donors (Lipinski definition) is 2. The molecule has 2 amide bonds. The largest absolute Gasteiger partial charge is 0.493 e. The number of methoxy groups -OCH3 is 1. The highest BCUT2D eigenvalue weighted by Gasteiger charge is 2.21. The van der Waals surface area contributed by atoms with Crippen LogP contribution < -0.4 is 20.1 Å². The first-order valence-corrected chi connectivity index (χ1v) is 9.38. The first kappa shape index (κ1) is 22.0. The number of benzene rings is 2. The molecule has 0 spiro atoms. The van der Waals surface area contributed by atoms with Crippen LogP contribution in [-0.2, 0) is 9.59 Å². The van der Waals surface area contributed by atoms with Gasteiger partial charge in [0.1, 0.15) is 0 Å². The van der Waals surface area contributed by atoms with E-state index in [4.69, 9.17) is 9.47 Å². The van der Waals surface area contributed by atoms with E-state index in [2.05, 4.69) is 10.6 Å². The van der Waals surface area contributed by atoms with E-state index < -0.39 is 5.41 Å². The molecule has 0 aliphatic heterocycles. The fraction of sp³-hybridized carbons (Fsp3) is 0.304. The van der Waals surface area contributed by atoms with Crippen molar-refractivity contribution in [1.82, 2.24) is 0 Å². The average Bonchev–Trinajstić information content (AvgIpc) is 2.66. The van der Waals surface area contributed by atoms with E-state index in [1.54, 1.807) is 37.4 Å². The Bertz CT molecular complexity index is 898. The number of carbonyl (C=O) groups excluding carboxylic acids is 2. The Morgan fingerprint density at radius 1 is 1.00 bits per heavy atom. The quantitative estimate of drug-likeness (QED) is 0.709. The Balaban J connectivity index is 1.98. The van der Waals surface area contributed by atoms with Gasteiger partial charge in [0.05, 0.1) is 7.11 Å². The normalized spacial score (nSPS) is 11.2. The molecule has 154 valence electrons. The molecule has 6 nitrogen and oxygen atoms in total. The lowest BCUT2D eigenvalue weighted by Gasteiger charge is -2.18. The molecule has 0 aliphatic carbocycles. The minimum Gasteiger partial charge on any atom is -0.493 e. The number of nitrogens with one attached hydrogen (secondary N) is 2. The predicted octanol–water partition coefficient (Wildman–Crippen LogP) is 4.73. The Kier molecular flexibility index (Phi) is 7.42. The maximum absolute atomic E-state index is 12.3. The molecular weight excluding hydrogens is 368 g/mol. The van der Waals surface area contributed by atoms with E-state index in [1.165, 1.54) is 0 Å². The molecule has 2 N–H and O–H groups in total. The lowest BCUT2D eigenvalue weighted by molar-refractivity contribution is -0.123. The van der Waals surface area contributed by atoms with Gasteiger partial charge in [-0.2, -0.15) is 0 Å². The summed E-state index contributed by atoms with van der Waals surface area (Å²) < 4.78 is 10.9. The minimum absolute atomic E-state index is 0.0993. The van der Waals surface area contributed by atoms with Gasteiger partial charge in [-0.05, 0) is 42.8 Å². The maximum atomic E-state index is 12.3. The van der Waals surface area contributed by atoms with Crippen LogP contribution in [0.25, 0.3) is 6.08 Å². The van der Waals surface area contributed by atoms with Gasteiger partial charge in [-0.15, -0.1) is 0 Å².